The highest BCUT2D eigenvalue weighted by Crippen LogP contribution is 2.22. The molecule has 0 aliphatic carbocycles. The number of nitriles is 1. The van der Waals surface area contributed by atoms with Gasteiger partial charge in [0.25, 0.3) is 5.91 Å². The van der Waals surface area contributed by atoms with E-state index in [1.54, 1.807) is 18.2 Å². The summed E-state index contributed by atoms with van der Waals surface area (Å²) >= 11 is 0. The van der Waals surface area contributed by atoms with Gasteiger partial charge in [0.2, 0.25) is 0 Å². The lowest BCUT2D eigenvalue weighted by Gasteiger charge is -2.31. The van der Waals surface area contributed by atoms with Crippen LogP contribution in [0, 0.1) is 17.1 Å². The molecule has 1 aromatic carbocycles. The van der Waals surface area contributed by atoms with Crippen LogP contribution in [0.5, 0.6) is 0 Å². The number of carbonyl (C=O) groups is 1. The van der Waals surface area contributed by atoms with Crippen molar-refractivity contribution in [1.29, 1.82) is 5.26 Å². The molecule has 1 unspecified atom stereocenters. The number of hydrogen-bond donors (Lipinski definition) is 0. The molecule has 0 bridgehead atoms. The molecule has 1 fully saturated rings. The quantitative estimate of drug-likeness (QED) is 0.778. The van der Waals surface area contributed by atoms with Crippen LogP contribution in [-0.4, -0.2) is 25.2 Å². The monoisotopic (exact) mass is 234 g/mol. The summed E-state index contributed by atoms with van der Waals surface area (Å²) in [5.41, 5.74) is 0.240. The number of nitrogens with zero attached hydrogens (tertiary/aromatic N) is 2. The van der Waals surface area contributed by atoms with E-state index >= 15 is 0 Å². The molecule has 1 amide bonds. The van der Waals surface area contributed by atoms with Crippen LogP contribution in [0.1, 0.15) is 6.42 Å². The minimum atomic E-state index is -0.446. The Morgan fingerprint density at radius 3 is 3.00 bits per heavy atom. The minimum absolute atomic E-state index is 0.110. The summed E-state index contributed by atoms with van der Waals surface area (Å²) in [5, 5.41) is 8.59. The molecule has 1 aliphatic rings. The van der Waals surface area contributed by atoms with Gasteiger partial charge in [0.15, 0.2) is 0 Å². The van der Waals surface area contributed by atoms with Crippen molar-refractivity contribution in [2.45, 2.75) is 12.5 Å². The Morgan fingerprint density at radius 2 is 2.29 bits per heavy atom. The fourth-order valence-corrected chi connectivity index (χ4v) is 1.75. The highest BCUT2D eigenvalue weighted by Gasteiger charge is 2.28. The van der Waals surface area contributed by atoms with Crippen LogP contribution in [0.3, 0.4) is 0 Å². The highest BCUT2D eigenvalue weighted by atomic mass is 19.1. The van der Waals surface area contributed by atoms with Gasteiger partial charge in [0.1, 0.15) is 12.4 Å². The zero-order valence-electron chi connectivity index (χ0n) is 9.10. The Hall–Kier alpha value is -1.93. The second kappa shape index (κ2) is 4.93. The molecule has 88 valence electrons. The molecule has 0 spiro atoms. The summed E-state index contributed by atoms with van der Waals surface area (Å²) in [4.78, 5) is 13.0. The van der Waals surface area contributed by atoms with Crippen LogP contribution in [0.25, 0.3) is 0 Å². The molecule has 0 radical (unpaired) electrons. The topological polar surface area (TPSA) is 53.3 Å². The number of ether oxygens (including phenoxy) is 1. The first-order chi connectivity index (χ1) is 8.22. The summed E-state index contributed by atoms with van der Waals surface area (Å²) in [6.07, 6.45) is -0.157. The van der Waals surface area contributed by atoms with Crippen LogP contribution < -0.4 is 4.90 Å². The van der Waals surface area contributed by atoms with Gasteiger partial charge >= 0.3 is 0 Å². The first kappa shape index (κ1) is 11.6. The fourth-order valence-electron chi connectivity index (χ4n) is 1.75. The second-order valence-electron chi connectivity index (χ2n) is 3.75. The zero-order chi connectivity index (χ0) is 12.3. The molecule has 1 aliphatic heterocycles. The number of hydrogen-bond acceptors (Lipinski definition) is 3. The summed E-state index contributed by atoms with van der Waals surface area (Å²) in [6.45, 7) is 0.105. The maximum Gasteiger partial charge on any atom is 0.253 e. The lowest BCUT2D eigenvalue weighted by molar-refractivity contribution is -0.129. The molecule has 17 heavy (non-hydrogen) atoms. The summed E-state index contributed by atoms with van der Waals surface area (Å²) in [6, 6.07) is 8.06. The molecule has 0 aromatic heterocycles. The van der Waals surface area contributed by atoms with Crippen LogP contribution in [0.4, 0.5) is 10.1 Å². The van der Waals surface area contributed by atoms with Gasteiger partial charge < -0.3 is 9.64 Å². The molecule has 1 saturated heterocycles. The molecular weight excluding hydrogens is 223 g/mol. The molecule has 0 N–H and O–H groups in total. The van der Waals surface area contributed by atoms with Gasteiger partial charge in [0.05, 0.1) is 30.8 Å². The van der Waals surface area contributed by atoms with E-state index < -0.39 is 5.82 Å². The minimum Gasteiger partial charge on any atom is -0.365 e. The number of para-hydroxylation sites is 1. The van der Waals surface area contributed by atoms with Gasteiger partial charge in [-0.2, -0.15) is 5.26 Å². The van der Waals surface area contributed by atoms with Gasteiger partial charge in [-0.15, -0.1) is 0 Å². The normalized spacial score (nSPS) is 20.1. The van der Waals surface area contributed by atoms with E-state index in [1.807, 2.05) is 6.07 Å². The van der Waals surface area contributed by atoms with Crippen molar-refractivity contribution in [2.24, 2.45) is 0 Å². The third-order valence-corrected chi connectivity index (χ3v) is 2.59. The standard InChI is InChI=1S/C12H11FN2O2/c13-10-3-1-2-4-11(10)15-7-9(5-6-14)17-8-12(15)16/h1-4,9H,5,7-8H2. The van der Waals surface area contributed by atoms with Crippen molar-refractivity contribution in [1.82, 2.24) is 0 Å². The average molecular weight is 234 g/mol. The third-order valence-electron chi connectivity index (χ3n) is 2.59. The summed E-state index contributed by atoms with van der Waals surface area (Å²) < 4.78 is 18.7. The number of anilines is 1. The average Bonchev–Trinajstić information content (AvgIpc) is 2.33. The van der Waals surface area contributed by atoms with E-state index in [1.165, 1.54) is 11.0 Å². The van der Waals surface area contributed by atoms with Crippen LogP contribution in [0.2, 0.25) is 0 Å². The van der Waals surface area contributed by atoms with Crippen molar-refractivity contribution in [3.8, 4) is 6.07 Å². The Morgan fingerprint density at radius 1 is 1.53 bits per heavy atom. The van der Waals surface area contributed by atoms with E-state index in [4.69, 9.17) is 10.00 Å². The van der Waals surface area contributed by atoms with E-state index in [-0.39, 0.29) is 37.3 Å². The number of rotatable bonds is 2. The Balaban J connectivity index is 2.22. The van der Waals surface area contributed by atoms with Crippen LogP contribution >= 0.6 is 0 Å². The molecule has 0 saturated carbocycles. The highest BCUT2D eigenvalue weighted by molar-refractivity contribution is 5.95. The first-order valence-corrected chi connectivity index (χ1v) is 5.26. The molecule has 1 atom stereocenters. The molecule has 1 aromatic rings. The Labute approximate surface area is 98.2 Å². The summed E-state index contributed by atoms with van der Waals surface area (Å²) in [7, 11) is 0. The number of carbonyl (C=O) groups excluding carboxylic acids is 1. The third kappa shape index (κ3) is 2.43. The molecule has 5 heteroatoms. The maximum atomic E-state index is 13.6. The first-order valence-electron chi connectivity index (χ1n) is 5.26. The van der Waals surface area contributed by atoms with Gasteiger partial charge in [-0.1, -0.05) is 12.1 Å². The lowest BCUT2D eigenvalue weighted by Crippen LogP contribution is -2.47. The molecule has 4 nitrogen and oxygen atoms in total. The van der Waals surface area contributed by atoms with Crippen molar-refractivity contribution in [3.63, 3.8) is 0 Å². The summed E-state index contributed by atoms with van der Waals surface area (Å²) in [5.74, 6) is -0.734. The lowest BCUT2D eigenvalue weighted by atomic mass is 10.2. The molecular formula is C12H11FN2O2. The van der Waals surface area contributed by atoms with Crippen molar-refractivity contribution < 1.29 is 13.9 Å². The number of benzene rings is 1. The number of halogens is 1. The molecule has 2 rings (SSSR count). The van der Waals surface area contributed by atoms with E-state index in [2.05, 4.69) is 0 Å². The Bertz CT molecular complexity index is 470. The van der Waals surface area contributed by atoms with E-state index in [0.29, 0.717) is 0 Å². The maximum absolute atomic E-state index is 13.6. The zero-order valence-corrected chi connectivity index (χ0v) is 9.10. The Kier molecular flexibility index (Phi) is 3.35. The number of morpholine rings is 1. The predicted octanol–water partition coefficient (Wildman–Crippen LogP) is 1.47. The largest absolute Gasteiger partial charge is 0.365 e. The van der Waals surface area contributed by atoms with Crippen LogP contribution in [0.15, 0.2) is 24.3 Å². The SMILES string of the molecule is N#CCC1CN(c2ccccc2F)C(=O)CO1. The second-order valence-corrected chi connectivity index (χ2v) is 3.75. The van der Waals surface area contributed by atoms with Gasteiger partial charge in [-0.25, -0.2) is 4.39 Å². The fraction of sp³-hybridized carbons (Fsp3) is 0.333. The van der Waals surface area contributed by atoms with Crippen molar-refractivity contribution >= 4 is 11.6 Å². The van der Waals surface area contributed by atoms with Gasteiger partial charge in [-0.3, -0.25) is 4.79 Å². The van der Waals surface area contributed by atoms with E-state index in [9.17, 15) is 9.18 Å². The predicted molar refractivity (Wildman–Crippen MR) is 58.7 cm³/mol. The van der Waals surface area contributed by atoms with Gasteiger partial charge in [0, 0.05) is 0 Å². The van der Waals surface area contributed by atoms with Crippen molar-refractivity contribution in [3.05, 3.63) is 30.1 Å². The number of amides is 1. The van der Waals surface area contributed by atoms with Crippen molar-refractivity contribution in [2.75, 3.05) is 18.1 Å². The van der Waals surface area contributed by atoms with Crippen LogP contribution in [-0.2, 0) is 9.53 Å². The van der Waals surface area contributed by atoms with E-state index in [0.717, 1.165) is 0 Å². The van der Waals surface area contributed by atoms with Gasteiger partial charge in [-0.05, 0) is 12.1 Å². The molecule has 1 heterocycles. The smallest absolute Gasteiger partial charge is 0.253 e.